The van der Waals surface area contributed by atoms with Gasteiger partial charge in [-0.15, -0.1) is 0 Å². The summed E-state index contributed by atoms with van der Waals surface area (Å²) >= 11 is 0. The molecule has 0 spiro atoms. The van der Waals surface area contributed by atoms with E-state index in [1.54, 1.807) is 16.7 Å². The van der Waals surface area contributed by atoms with E-state index in [1.807, 2.05) is 74.5 Å². The number of carbonyl (C=O) groups is 1. The highest BCUT2D eigenvalue weighted by atomic mass is 16.2. The minimum atomic E-state index is -0.200. The molecule has 1 aliphatic heterocycles. The molecule has 0 fully saturated rings. The molecule has 0 atom stereocenters. The SMILES string of the molecule is Cc1ccc(-n2c(/C=C3\C(=O)Nc4ccc(C)cc43)nc3ccccc3c2=O)cc1. The van der Waals surface area contributed by atoms with Gasteiger partial charge in [0.2, 0.25) is 0 Å². The maximum atomic E-state index is 13.4. The maximum Gasteiger partial charge on any atom is 0.266 e. The number of hydrogen-bond donors (Lipinski definition) is 1. The van der Waals surface area contributed by atoms with E-state index in [4.69, 9.17) is 4.98 Å². The molecular weight excluding hydrogens is 374 g/mol. The average molecular weight is 393 g/mol. The molecule has 0 saturated carbocycles. The fraction of sp³-hybridized carbons (Fsp3) is 0.0800. The van der Waals surface area contributed by atoms with Crippen molar-refractivity contribution in [2.24, 2.45) is 0 Å². The van der Waals surface area contributed by atoms with Gasteiger partial charge >= 0.3 is 0 Å². The van der Waals surface area contributed by atoms with E-state index in [9.17, 15) is 9.59 Å². The summed E-state index contributed by atoms with van der Waals surface area (Å²) in [4.78, 5) is 30.8. The maximum absolute atomic E-state index is 13.4. The molecule has 3 aromatic carbocycles. The number of carbonyl (C=O) groups excluding carboxylic acids is 1. The summed E-state index contributed by atoms with van der Waals surface area (Å²) in [6.45, 7) is 3.98. The molecule has 5 heteroatoms. The van der Waals surface area contributed by atoms with E-state index >= 15 is 0 Å². The standard InChI is InChI=1S/C25H19N3O2/c1-15-7-10-17(11-8-15)28-23(26-21-6-4-3-5-18(21)25(28)30)14-20-19-13-16(2)9-12-22(19)27-24(20)29/h3-14H,1-2H3,(H,27,29)/b20-14-. The zero-order valence-corrected chi connectivity index (χ0v) is 16.6. The van der Waals surface area contributed by atoms with E-state index in [0.29, 0.717) is 28.0 Å². The van der Waals surface area contributed by atoms with Crippen LogP contribution in [0.5, 0.6) is 0 Å². The van der Waals surface area contributed by atoms with E-state index < -0.39 is 0 Å². The molecule has 0 unspecified atom stereocenters. The van der Waals surface area contributed by atoms with E-state index in [2.05, 4.69) is 5.32 Å². The average Bonchev–Trinajstić information content (AvgIpc) is 3.04. The lowest BCUT2D eigenvalue weighted by molar-refractivity contribution is -0.110. The van der Waals surface area contributed by atoms with Gasteiger partial charge in [-0.25, -0.2) is 4.98 Å². The van der Waals surface area contributed by atoms with Crippen molar-refractivity contribution in [1.82, 2.24) is 9.55 Å². The predicted octanol–water partition coefficient (Wildman–Crippen LogP) is 4.50. The Morgan fingerprint density at radius 2 is 1.63 bits per heavy atom. The Labute approximate surface area is 173 Å². The minimum absolute atomic E-state index is 0.167. The van der Waals surface area contributed by atoms with E-state index in [1.165, 1.54) is 0 Å². The highest BCUT2D eigenvalue weighted by Gasteiger charge is 2.25. The van der Waals surface area contributed by atoms with Gasteiger partial charge in [0.1, 0.15) is 5.82 Å². The van der Waals surface area contributed by atoms with Gasteiger partial charge in [0.25, 0.3) is 11.5 Å². The number of rotatable bonds is 2. The summed E-state index contributed by atoms with van der Waals surface area (Å²) in [5, 5.41) is 3.43. The van der Waals surface area contributed by atoms with Crippen molar-refractivity contribution in [1.29, 1.82) is 0 Å². The second-order valence-corrected chi connectivity index (χ2v) is 7.52. The molecule has 1 aliphatic rings. The topological polar surface area (TPSA) is 64.0 Å². The third-order valence-corrected chi connectivity index (χ3v) is 5.33. The summed E-state index contributed by atoms with van der Waals surface area (Å²) in [6, 6.07) is 20.8. The summed E-state index contributed by atoms with van der Waals surface area (Å²) in [6.07, 6.45) is 1.70. The Morgan fingerprint density at radius 3 is 2.43 bits per heavy atom. The van der Waals surface area contributed by atoms with Crippen LogP contribution in [0, 0.1) is 13.8 Å². The first-order valence-electron chi connectivity index (χ1n) is 9.74. The molecule has 0 radical (unpaired) electrons. The van der Waals surface area contributed by atoms with Crippen LogP contribution in [0.4, 0.5) is 5.69 Å². The van der Waals surface area contributed by atoms with Crippen LogP contribution in [0.25, 0.3) is 28.2 Å². The number of fused-ring (bicyclic) bond motifs is 2. The highest BCUT2D eigenvalue weighted by Crippen LogP contribution is 2.33. The van der Waals surface area contributed by atoms with E-state index in [0.717, 1.165) is 22.4 Å². The zero-order valence-electron chi connectivity index (χ0n) is 16.6. The van der Waals surface area contributed by atoms with Crippen molar-refractivity contribution in [2.45, 2.75) is 13.8 Å². The first-order chi connectivity index (χ1) is 14.5. The van der Waals surface area contributed by atoms with Gasteiger partial charge in [0.05, 0.1) is 22.2 Å². The second-order valence-electron chi connectivity index (χ2n) is 7.52. The molecule has 5 nitrogen and oxygen atoms in total. The Morgan fingerprint density at radius 1 is 0.900 bits per heavy atom. The molecule has 5 rings (SSSR count). The normalized spacial score (nSPS) is 14.2. The van der Waals surface area contributed by atoms with E-state index in [-0.39, 0.29) is 11.5 Å². The van der Waals surface area contributed by atoms with Crippen molar-refractivity contribution in [3.63, 3.8) is 0 Å². The molecule has 0 aliphatic carbocycles. The second kappa shape index (κ2) is 6.81. The van der Waals surface area contributed by atoms with Crippen LogP contribution in [0.3, 0.4) is 0 Å². The molecule has 1 amide bonds. The molecule has 4 aromatic rings. The quantitative estimate of drug-likeness (QED) is 0.510. The van der Waals surface area contributed by atoms with Gasteiger partial charge in [-0.1, -0.05) is 41.5 Å². The van der Waals surface area contributed by atoms with Crippen LogP contribution in [0.15, 0.2) is 71.5 Å². The summed E-state index contributed by atoms with van der Waals surface area (Å²) < 4.78 is 1.57. The van der Waals surface area contributed by atoms with Gasteiger partial charge in [0, 0.05) is 11.3 Å². The third kappa shape index (κ3) is 2.92. The van der Waals surface area contributed by atoms with Crippen LogP contribution in [0.2, 0.25) is 0 Å². The fourth-order valence-electron chi connectivity index (χ4n) is 3.76. The van der Waals surface area contributed by atoms with Crippen LogP contribution in [-0.4, -0.2) is 15.5 Å². The Balaban J connectivity index is 1.81. The van der Waals surface area contributed by atoms with Gasteiger partial charge in [0.15, 0.2) is 0 Å². The number of hydrogen-bond acceptors (Lipinski definition) is 3. The van der Waals surface area contributed by atoms with Crippen molar-refractivity contribution in [3.05, 3.63) is 99.6 Å². The van der Waals surface area contributed by atoms with Crippen molar-refractivity contribution in [3.8, 4) is 5.69 Å². The van der Waals surface area contributed by atoms with Crippen LogP contribution in [-0.2, 0) is 4.79 Å². The van der Waals surface area contributed by atoms with Gasteiger partial charge in [-0.05, 0) is 56.3 Å². The lowest BCUT2D eigenvalue weighted by Gasteiger charge is -2.12. The molecule has 0 bridgehead atoms. The van der Waals surface area contributed by atoms with Crippen molar-refractivity contribution >= 4 is 34.1 Å². The molecule has 0 saturated heterocycles. The summed E-state index contributed by atoms with van der Waals surface area (Å²) in [5.74, 6) is 0.218. The van der Waals surface area contributed by atoms with Crippen LogP contribution >= 0.6 is 0 Å². The molecule has 1 aromatic heterocycles. The monoisotopic (exact) mass is 393 g/mol. The number of amides is 1. The number of benzene rings is 3. The molecular formula is C25H19N3O2. The number of nitrogens with zero attached hydrogens (tertiary/aromatic N) is 2. The van der Waals surface area contributed by atoms with Crippen LogP contribution in [0.1, 0.15) is 22.5 Å². The Kier molecular flexibility index (Phi) is 4.10. The zero-order chi connectivity index (χ0) is 20.8. The van der Waals surface area contributed by atoms with Crippen LogP contribution < -0.4 is 10.9 Å². The molecule has 146 valence electrons. The fourth-order valence-corrected chi connectivity index (χ4v) is 3.76. The van der Waals surface area contributed by atoms with Gasteiger partial charge < -0.3 is 5.32 Å². The largest absolute Gasteiger partial charge is 0.321 e. The molecule has 30 heavy (non-hydrogen) atoms. The number of aromatic nitrogens is 2. The lowest BCUT2D eigenvalue weighted by Crippen LogP contribution is -2.22. The predicted molar refractivity (Wildman–Crippen MR) is 120 cm³/mol. The van der Waals surface area contributed by atoms with Crippen molar-refractivity contribution < 1.29 is 4.79 Å². The Bertz CT molecular complexity index is 1410. The minimum Gasteiger partial charge on any atom is -0.321 e. The number of anilines is 1. The number of aryl methyl sites for hydroxylation is 2. The molecule has 2 heterocycles. The molecule has 1 N–H and O–H groups in total. The summed E-state index contributed by atoms with van der Waals surface area (Å²) in [7, 11) is 0. The van der Waals surface area contributed by atoms with Crippen molar-refractivity contribution in [2.75, 3.05) is 5.32 Å². The lowest BCUT2D eigenvalue weighted by atomic mass is 10.0. The first kappa shape index (κ1) is 18.1. The van der Waals surface area contributed by atoms with Gasteiger partial charge in [-0.3, -0.25) is 14.2 Å². The third-order valence-electron chi connectivity index (χ3n) is 5.33. The smallest absolute Gasteiger partial charge is 0.266 e. The first-order valence-corrected chi connectivity index (χ1v) is 9.74. The van der Waals surface area contributed by atoms with Gasteiger partial charge in [-0.2, -0.15) is 0 Å². The Hall–Kier alpha value is -3.99. The number of para-hydroxylation sites is 1. The number of nitrogens with one attached hydrogen (secondary N) is 1. The highest BCUT2D eigenvalue weighted by molar-refractivity contribution is 6.34. The summed E-state index contributed by atoms with van der Waals surface area (Å²) in [5.41, 5.74) is 5.37.